The maximum absolute atomic E-state index is 12.7. The molecule has 0 aliphatic heterocycles. The van der Waals surface area contributed by atoms with Gasteiger partial charge in [-0.1, -0.05) is 52.2 Å². The fourth-order valence-corrected chi connectivity index (χ4v) is 3.54. The van der Waals surface area contributed by atoms with Gasteiger partial charge in [0.15, 0.2) is 0 Å². The molecule has 6 nitrogen and oxygen atoms in total. The number of rotatable bonds is 5. The first kappa shape index (κ1) is 21.9. The highest BCUT2D eigenvalue weighted by Gasteiger charge is 2.42. The van der Waals surface area contributed by atoms with Crippen LogP contribution in [0.4, 0.5) is 0 Å². The highest BCUT2D eigenvalue weighted by atomic mass is 16.5. The van der Waals surface area contributed by atoms with Gasteiger partial charge < -0.3 is 15.4 Å². The minimum atomic E-state index is -0.989. The number of hydrogen-bond donors (Lipinski definition) is 2. The fraction of sp³-hybridized carbons (Fsp3) is 0.591. The Bertz CT molecular complexity index is 713. The third-order valence-electron chi connectivity index (χ3n) is 5.40. The molecule has 0 bridgehead atoms. The van der Waals surface area contributed by atoms with Crippen molar-refractivity contribution in [3.05, 3.63) is 35.4 Å². The highest BCUT2D eigenvalue weighted by molar-refractivity contribution is 5.98. The monoisotopic (exact) mass is 388 g/mol. The van der Waals surface area contributed by atoms with Gasteiger partial charge >= 0.3 is 5.97 Å². The quantitative estimate of drug-likeness (QED) is 0.759. The summed E-state index contributed by atoms with van der Waals surface area (Å²) in [6.45, 7) is 7.94. The van der Waals surface area contributed by atoms with E-state index in [-0.39, 0.29) is 17.2 Å². The van der Waals surface area contributed by atoms with Crippen LogP contribution in [0.5, 0.6) is 0 Å². The number of methoxy groups -OCH3 is 1. The van der Waals surface area contributed by atoms with Crippen LogP contribution in [0.15, 0.2) is 24.3 Å². The molecule has 1 unspecified atom stereocenters. The average Bonchev–Trinajstić information content (AvgIpc) is 2.67. The Hall–Kier alpha value is -2.37. The molecular weight excluding hydrogens is 356 g/mol. The molecule has 1 aliphatic rings. The van der Waals surface area contributed by atoms with Gasteiger partial charge in [-0.15, -0.1) is 0 Å². The number of carbonyl (C=O) groups is 3. The van der Waals surface area contributed by atoms with Crippen molar-refractivity contribution < 1.29 is 19.1 Å². The van der Waals surface area contributed by atoms with Crippen molar-refractivity contribution in [1.29, 1.82) is 0 Å². The van der Waals surface area contributed by atoms with Crippen molar-refractivity contribution in [3.63, 3.8) is 0 Å². The van der Waals surface area contributed by atoms with Crippen molar-refractivity contribution in [2.45, 2.75) is 76.8 Å². The highest BCUT2D eigenvalue weighted by Crippen LogP contribution is 2.29. The zero-order valence-electron chi connectivity index (χ0n) is 17.6. The number of hydrogen-bond acceptors (Lipinski definition) is 4. The third-order valence-corrected chi connectivity index (χ3v) is 5.40. The first-order valence-corrected chi connectivity index (χ1v) is 9.91. The first-order valence-electron chi connectivity index (χ1n) is 9.91. The maximum Gasteiger partial charge on any atom is 0.331 e. The Morgan fingerprint density at radius 1 is 1.04 bits per heavy atom. The molecule has 1 saturated carbocycles. The molecule has 6 heteroatoms. The molecule has 2 amide bonds. The van der Waals surface area contributed by atoms with Crippen LogP contribution in [0.1, 0.15) is 75.7 Å². The molecule has 2 rings (SSSR count). The van der Waals surface area contributed by atoms with E-state index in [9.17, 15) is 14.4 Å². The summed E-state index contributed by atoms with van der Waals surface area (Å²) in [6, 6.07) is 6.61. The predicted octanol–water partition coefficient (Wildman–Crippen LogP) is 3.09. The molecule has 1 aromatic rings. The van der Waals surface area contributed by atoms with Crippen molar-refractivity contribution in [2.24, 2.45) is 0 Å². The van der Waals surface area contributed by atoms with Crippen LogP contribution in [-0.4, -0.2) is 36.5 Å². The van der Waals surface area contributed by atoms with Gasteiger partial charge in [0.05, 0.1) is 7.11 Å². The second-order valence-corrected chi connectivity index (χ2v) is 8.65. The molecule has 0 spiro atoms. The van der Waals surface area contributed by atoms with E-state index in [1.807, 2.05) is 12.1 Å². The summed E-state index contributed by atoms with van der Waals surface area (Å²) in [6.07, 6.45) is 3.86. The molecule has 2 N–H and O–H groups in total. The van der Waals surface area contributed by atoms with Gasteiger partial charge in [0.1, 0.15) is 11.6 Å². The Morgan fingerprint density at radius 3 is 2.11 bits per heavy atom. The minimum Gasteiger partial charge on any atom is -0.467 e. The lowest BCUT2D eigenvalue weighted by Gasteiger charge is -2.36. The Balaban J connectivity index is 2.02. The standard InChI is InChI=1S/C22H32N2O4/c1-15(18(25)24-22(20(27)28-5)13-7-6-8-14-22)23-19(26)16-9-11-17(12-10-16)21(2,3)4/h9-12,15H,6-8,13-14H2,1-5H3,(H,23,26)(H,24,25). The van der Waals surface area contributed by atoms with Crippen molar-refractivity contribution >= 4 is 17.8 Å². The zero-order valence-corrected chi connectivity index (χ0v) is 17.6. The zero-order chi connectivity index (χ0) is 20.9. The summed E-state index contributed by atoms with van der Waals surface area (Å²) in [5, 5.41) is 5.56. The molecule has 0 saturated heterocycles. The smallest absolute Gasteiger partial charge is 0.331 e. The number of ether oxygens (including phenoxy) is 1. The summed E-state index contributed by atoms with van der Waals surface area (Å²) in [5.74, 6) is -1.12. The number of amides is 2. The van der Waals surface area contributed by atoms with Gasteiger partial charge in [0, 0.05) is 5.56 Å². The van der Waals surface area contributed by atoms with Gasteiger partial charge in [-0.2, -0.15) is 0 Å². The Labute approximate surface area is 167 Å². The molecule has 1 aliphatic carbocycles. The molecule has 0 aromatic heterocycles. The third kappa shape index (κ3) is 5.12. The van der Waals surface area contributed by atoms with E-state index in [2.05, 4.69) is 31.4 Å². The Morgan fingerprint density at radius 2 is 1.61 bits per heavy atom. The van der Waals surface area contributed by atoms with Crippen LogP contribution in [-0.2, 0) is 19.7 Å². The van der Waals surface area contributed by atoms with E-state index in [1.165, 1.54) is 7.11 Å². The van der Waals surface area contributed by atoms with Gasteiger partial charge in [-0.05, 0) is 42.9 Å². The SMILES string of the molecule is COC(=O)C1(NC(=O)C(C)NC(=O)c2ccc(C(C)(C)C)cc2)CCCCC1. The van der Waals surface area contributed by atoms with Crippen LogP contribution in [0.3, 0.4) is 0 Å². The topological polar surface area (TPSA) is 84.5 Å². The van der Waals surface area contributed by atoms with Gasteiger partial charge in [0.2, 0.25) is 5.91 Å². The van der Waals surface area contributed by atoms with E-state index >= 15 is 0 Å². The summed E-state index contributed by atoms with van der Waals surface area (Å²) >= 11 is 0. The second-order valence-electron chi connectivity index (χ2n) is 8.65. The van der Waals surface area contributed by atoms with Gasteiger partial charge in [-0.3, -0.25) is 9.59 Å². The number of carbonyl (C=O) groups excluding carboxylic acids is 3. The summed E-state index contributed by atoms with van der Waals surface area (Å²) in [5.41, 5.74) is 0.641. The minimum absolute atomic E-state index is 0.00435. The molecule has 0 heterocycles. The van der Waals surface area contributed by atoms with Crippen LogP contribution < -0.4 is 10.6 Å². The molecule has 1 fully saturated rings. The molecule has 28 heavy (non-hydrogen) atoms. The molecule has 154 valence electrons. The van der Waals surface area contributed by atoms with Crippen molar-refractivity contribution in [3.8, 4) is 0 Å². The van der Waals surface area contributed by atoms with E-state index < -0.39 is 17.6 Å². The average molecular weight is 389 g/mol. The Kier molecular flexibility index (Phi) is 6.86. The van der Waals surface area contributed by atoms with Crippen molar-refractivity contribution in [1.82, 2.24) is 10.6 Å². The lowest BCUT2D eigenvalue weighted by molar-refractivity contribution is -0.152. The fourth-order valence-electron chi connectivity index (χ4n) is 3.54. The molecule has 1 atom stereocenters. The number of esters is 1. The van der Waals surface area contributed by atoms with Crippen LogP contribution in [0.2, 0.25) is 0 Å². The van der Waals surface area contributed by atoms with E-state index in [0.717, 1.165) is 24.8 Å². The first-order chi connectivity index (χ1) is 13.1. The predicted molar refractivity (Wildman–Crippen MR) is 108 cm³/mol. The van der Waals surface area contributed by atoms with E-state index in [0.29, 0.717) is 18.4 Å². The van der Waals surface area contributed by atoms with E-state index in [4.69, 9.17) is 4.74 Å². The number of benzene rings is 1. The summed E-state index contributed by atoms with van der Waals surface area (Å²) in [4.78, 5) is 37.4. The molecule has 0 radical (unpaired) electrons. The lowest BCUT2D eigenvalue weighted by Crippen LogP contribution is -2.59. The second kappa shape index (κ2) is 8.76. The molecular formula is C22H32N2O4. The maximum atomic E-state index is 12.7. The largest absolute Gasteiger partial charge is 0.467 e. The summed E-state index contributed by atoms with van der Waals surface area (Å²) < 4.78 is 4.92. The van der Waals surface area contributed by atoms with Crippen LogP contribution in [0.25, 0.3) is 0 Å². The van der Waals surface area contributed by atoms with Crippen LogP contribution in [0, 0.1) is 0 Å². The lowest BCUT2D eigenvalue weighted by atomic mass is 9.81. The van der Waals surface area contributed by atoms with Gasteiger partial charge in [-0.25, -0.2) is 4.79 Å². The molecule has 1 aromatic carbocycles. The van der Waals surface area contributed by atoms with Crippen molar-refractivity contribution in [2.75, 3.05) is 7.11 Å². The van der Waals surface area contributed by atoms with Crippen LogP contribution >= 0.6 is 0 Å². The summed E-state index contributed by atoms with van der Waals surface area (Å²) in [7, 11) is 1.33. The number of nitrogens with one attached hydrogen (secondary N) is 2. The normalized spacial score (nSPS) is 17.3. The van der Waals surface area contributed by atoms with E-state index in [1.54, 1.807) is 19.1 Å². The van der Waals surface area contributed by atoms with Gasteiger partial charge in [0.25, 0.3) is 5.91 Å².